The monoisotopic (exact) mass is 409 g/mol. The maximum absolute atomic E-state index is 12.4. The smallest absolute Gasteiger partial charge is 0.258 e. The molecule has 2 aromatic carbocycles. The first-order chi connectivity index (χ1) is 14.6. The lowest BCUT2D eigenvalue weighted by molar-refractivity contribution is -0.123. The number of ether oxygens (including phenoxy) is 2. The van der Waals surface area contributed by atoms with Gasteiger partial charge in [-0.3, -0.25) is 9.69 Å². The van der Waals surface area contributed by atoms with Crippen molar-refractivity contribution in [3.05, 3.63) is 53.6 Å². The Bertz CT molecular complexity index is 862. The quantitative estimate of drug-likeness (QED) is 0.726. The molecule has 1 N–H and O–H groups in total. The molecule has 6 nitrogen and oxygen atoms in total. The minimum absolute atomic E-state index is 0.00797. The van der Waals surface area contributed by atoms with Crippen molar-refractivity contribution in [2.45, 2.75) is 25.3 Å². The summed E-state index contributed by atoms with van der Waals surface area (Å²) < 4.78 is 10.8. The van der Waals surface area contributed by atoms with Crippen molar-refractivity contribution < 1.29 is 14.3 Å². The van der Waals surface area contributed by atoms with Gasteiger partial charge in [-0.05, 0) is 73.8 Å². The Balaban J connectivity index is 1.37. The Hall–Kier alpha value is -2.73. The highest BCUT2D eigenvalue weighted by Crippen LogP contribution is 2.32. The van der Waals surface area contributed by atoms with E-state index in [0.717, 1.165) is 31.8 Å². The summed E-state index contributed by atoms with van der Waals surface area (Å²) in [6.45, 7) is 3.85. The SMILES string of the molecule is COc1ccc(OCC(=O)NCC(c2ccc3c(c2)CCN3C)N2CCCC2)cc1. The number of nitrogens with zero attached hydrogens (tertiary/aromatic N) is 2. The Morgan fingerprint density at radius 2 is 1.80 bits per heavy atom. The summed E-state index contributed by atoms with van der Waals surface area (Å²) in [5.74, 6) is 1.32. The topological polar surface area (TPSA) is 54.0 Å². The van der Waals surface area contributed by atoms with Crippen LogP contribution in [0.3, 0.4) is 0 Å². The van der Waals surface area contributed by atoms with Crippen molar-refractivity contribution in [1.82, 2.24) is 10.2 Å². The Morgan fingerprint density at radius 1 is 1.07 bits per heavy atom. The van der Waals surface area contributed by atoms with E-state index in [1.54, 1.807) is 19.2 Å². The normalized spacial score (nSPS) is 16.9. The van der Waals surface area contributed by atoms with Crippen molar-refractivity contribution in [1.29, 1.82) is 0 Å². The van der Waals surface area contributed by atoms with Crippen LogP contribution in [0.25, 0.3) is 0 Å². The van der Waals surface area contributed by atoms with Gasteiger partial charge in [0.1, 0.15) is 11.5 Å². The van der Waals surface area contributed by atoms with E-state index in [1.165, 1.54) is 29.7 Å². The van der Waals surface area contributed by atoms with Gasteiger partial charge in [0.15, 0.2) is 6.61 Å². The van der Waals surface area contributed by atoms with Crippen LogP contribution in [0.2, 0.25) is 0 Å². The molecule has 0 aliphatic carbocycles. The highest BCUT2D eigenvalue weighted by atomic mass is 16.5. The molecule has 2 aliphatic rings. The summed E-state index contributed by atoms with van der Waals surface area (Å²) in [5, 5.41) is 3.09. The maximum Gasteiger partial charge on any atom is 0.258 e. The third-order valence-electron chi connectivity index (χ3n) is 6.12. The first kappa shape index (κ1) is 20.5. The van der Waals surface area contributed by atoms with Crippen molar-refractivity contribution >= 4 is 11.6 Å². The molecule has 30 heavy (non-hydrogen) atoms. The van der Waals surface area contributed by atoms with E-state index in [1.807, 2.05) is 12.1 Å². The number of likely N-dealkylation sites (tertiary alicyclic amines) is 1. The summed E-state index contributed by atoms with van der Waals surface area (Å²) >= 11 is 0. The van der Waals surface area contributed by atoms with Crippen molar-refractivity contribution in [2.24, 2.45) is 0 Å². The zero-order chi connectivity index (χ0) is 20.9. The maximum atomic E-state index is 12.4. The number of likely N-dealkylation sites (N-methyl/N-ethyl adjacent to an activating group) is 1. The van der Waals surface area contributed by atoms with E-state index in [-0.39, 0.29) is 18.6 Å². The molecule has 0 radical (unpaired) electrons. The standard InChI is InChI=1S/C24H31N3O3/c1-26-14-11-19-15-18(5-10-22(19)26)23(27-12-3-4-13-27)16-25-24(28)17-30-21-8-6-20(29-2)7-9-21/h5-10,15,23H,3-4,11-14,16-17H2,1-2H3,(H,25,28). The minimum atomic E-state index is -0.101. The van der Waals surface area contributed by atoms with Gasteiger partial charge in [-0.25, -0.2) is 0 Å². The van der Waals surface area contributed by atoms with Crippen LogP contribution in [0.1, 0.15) is 30.0 Å². The minimum Gasteiger partial charge on any atom is -0.497 e. The van der Waals surface area contributed by atoms with Crippen LogP contribution in [-0.2, 0) is 11.2 Å². The lowest BCUT2D eigenvalue weighted by Gasteiger charge is -2.29. The summed E-state index contributed by atoms with van der Waals surface area (Å²) in [4.78, 5) is 17.2. The fraction of sp³-hybridized carbons (Fsp3) is 0.458. The first-order valence-electron chi connectivity index (χ1n) is 10.8. The van der Waals surface area contributed by atoms with E-state index in [0.29, 0.717) is 12.3 Å². The largest absolute Gasteiger partial charge is 0.497 e. The van der Waals surface area contributed by atoms with Crippen molar-refractivity contribution in [3.8, 4) is 11.5 Å². The van der Waals surface area contributed by atoms with E-state index in [2.05, 4.69) is 40.4 Å². The van der Waals surface area contributed by atoms with E-state index >= 15 is 0 Å². The number of nitrogens with one attached hydrogen (secondary N) is 1. The molecule has 2 heterocycles. The molecule has 0 spiro atoms. The van der Waals surface area contributed by atoms with Gasteiger partial charge in [-0.2, -0.15) is 0 Å². The van der Waals surface area contributed by atoms with Gasteiger partial charge in [0.25, 0.3) is 5.91 Å². The predicted molar refractivity (Wildman–Crippen MR) is 118 cm³/mol. The summed E-state index contributed by atoms with van der Waals surface area (Å²) in [6.07, 6.45) is 3.53. The summed E-state index contributed by atoms with van der Waals surface area (Å²) in [7, 11) is 3.77. The molecule has 1 amide bonds. The van der Waals surface area contributed by atoms with Gasteiger partial charge >= 0.3 is 0 Å². The van der Waals surface area contributed by atoms with Crippen LogP contribution in [0.5, 0.6) is 11.5 Å². The molecule has 6 heteroatoms. The molecular weight excluding hydrogens is 378 g/mol. The van der Waals surface area contributed by atoms with Gasteiger partial charge in [-0.15, -0.1) is 0 Å². The van der Waals surface area contributed by atoms with Crippen LogP contribution < -0.4 is 19.7 Å². The fourth-order valence-corrected chi connectivity index (χ4v) is 4.39. The van der Waals surface area contributed by atoms with Crippen LogP contribution in [0, 0.1) is 0 Å². The molecule has 2 aromatic rings. The lowest BCUT2D eigenvalue weighted by Crippen LogP contribution is -2.38. The number of hydrogen-bond donors (Lipinski definition) is 1. The molecule has 0 saturated carbocycles. The summed E-state index contributed by atoms with van der Waals surface area (Å²) in [6, 6.07) is 14.3. The molecule has 0 bridgehead atoms. The van der Waals surface area contributed by atoms with Gasteiger partial charge in [0, 0.05) is 25.8 Å². The molecule has 4 rings (SSSR count). The third-order valence-corrected chi connectivity index (χ3v) is 6.12. The van der Waals surface area contributed by atoms with Crippen LogP contribution >= 0.6 is 0 Å². The second-order valence-electron chi connectivity index (χ2n) is 8.09. The van der Waals surface area contributed by atoms with Crippen molar-refractivity contribution in [3.63, 3.8) is 0 Å². The number of fused-ring (bicyclic) bond motifs is 1. The van der Waals surface area contributed by atoms with Gasteiger partial charge in [0.05, 0.1) is 13.2 Å². The van der Waals surface area contributed by atoms with E-state index in [4.69, 9.17) is 9.47 Å². The van der Waals surface area contributed by atoms with Crippen LogP contribution in [0.4, 0.5) is 5.69 Å². The van der Waals surface area contributed by atoms with Crippen LogP contribution in [0.15, 0.2) is 42.5 Å². The Labute approximate surface area is 178 Å². The molecule has 1 saturated heterocycles. The van der Waals surface area contributed by atoms with Gasteiger partial charge in [-0.1, -0.05) is 12.1 Å². The molecule has 0 aromatic heterocycles. The molecule has 2 aliphatic heterocycles. The number of carbonyl (C=O) groups excluding carboxylic acids is 1. The zero-order valence-electron chi connectivity index (χ0n) is 17.9. The molecule has 1 atom stereocenters. The molecular formula is C24H31N3O3. The first-order valence-corrected chi connectivity index (χ1v) is 10.8. The fourth-order valence-electron chi connectivity index (χ4n) is 4.39. The number of rotatable bonds is 8. The molecule has 1 fully saturated rings. The van der Waals surface area contributed by atoms with E-state index in [9.17, 15) is 4.79 Å². The second kappa shape index (κ2) is 9.39. The average molecular weight is 410 g/mol. The second-order valence-corrected chi connectivity index (χ2v) is 8.09. The lowest BCUT2D eigenvalue weighted by atomic mass is 10.0. The highest BCUT2D eigenvalue weighted by molar-refractivity contribution is 5.77. The number of methoxy groups -OCH3 is 1. The zero-order valence-corrected chi connectivity index (χ0v) is 17.9. The number of hydrogen-bond acceptors (Lipinski definition) is 5. The highest BCUT2D eigenvalue weighted by Gasteiger charge is 2.26. The predicted octanol–water partition coefficient (Wildman–Crippen LogP) is 3.02. The number of benzene rings is 2. The Kier molecular flexibility index (Phi) is 6.43. The van der Waals surface area contributed by atoms with Crippen LogP contribution in [-0.4, -0.2) is 57.8 Å². The molecule has 1 unspecified atom stereocenters. The van der Waals surface area contributed by atoms with Crippen molar-refractivity contribution in [2.75, 3.05) is 51.8 Å². The number of anilines is 1. The number of carbonyl (C=O) groups is 1. The third kappa shape index (κ3) is 4.70. The van der Waals surface area contributed by atoms with Gasteiger partial charge < -0.3 is 19.7 Å². The average Bonchev–Trinajstić information content (AvgIpc) is 3.43. The molecule has 160 valence electrons. The summed E-state index contributed by atoms with van der Waals surface area (Å²) in [5.41, 5.74) is 4.03. The van der Waals surface area contributed by atoms with E-state index < -0.39 is 0 Å². The Morgan fingerprint density at radius 3 is 2.53 bits per heavy atom. The van der Waals surface area contributed by atoms with Gasteiger partial charge in [0.2, 0.25) is 0 Å². The number of amides is 1.